The van der Waals surface area contributed by atoms with Gasteiger partial charge < -0.3 is 33.8 Å². The number of aliphatic hydroxyl groups is 1. The van der Waals surface area contributed by atoms with Gasteiger partial charge in [0.05, 0.1) is 26.4 Å². The first-order valence-electron chi connectivity index (χ1n) is 38.2. The zero-order valence-electron chi connectivity index (χ0n) is 60.8. The summed E-state index contributed by atoms with van der Waals surface area (Å²) in [5.41, 5.74) is 0. The van der Waals surface area contributed by atoms with E-state index in [4.69, 9.17) is 37.0 Å². The molecule has 0 aromatic rings. The molecule has 0 rings (SSSR count). The highest BCUT2D eigenvalue weighted by Gasteiger charge is 2.30. The summed E-state index contributed by atoms with van der Waals surface area (Å²) in [4.78, 5) is 72.8. The summed E-state index contributed by atoms with van der Waals surface area (Å²) < 4.78 is 68.4. The Morgan fingerprint density at radius 2 is 0.542 bits per heavy atom. The molecule has 0 aromatic heterocycles. The number of phosphoric ester groups is 2. The first-order chi connectivity index (χ1) is 46.7. The molecule has 0 heterocycles. The van der Waals surface area contributed by atoms with Crippen LogP contribution in [-0.4, -0.2) is 96.7 Å². The molecule has 0 amide bonds. The van der Waals surface area contributed by atoms with E-state index in [1.54, 1.807) is 0 Å². The number of hydrogen-bond donors (Lipinski definition) is 3. The van der Waals surface area contributed by atoms with Crippen LogP contribution in [0.15, 0.2) is 72.9 Å². The lowest BCUT2D eigenvalue weighted by Crippen LogP contribution is -2.30. The number of carbonyl (C=O) groups excluding carboxylic acids is 4. The SMILES string of the molecule is CC/C=C\C/C=C\C/C=C\C/C=C\CCCCCCC(=O)OCC(COP(=O)(O)OCC(O)COP(=O)(O)OCC(COC(=O)CCCCCCC/C=C\C/C=C\CCCCC)OC(=O)CCCCCCCCCCCCCCC)OC(=O)CCCCCCCCCCCCC. The summed E-state index contributed by atoms with van der Waals surface area (Å²) in [6.07, 6.45) is 68.9. The van der Waals surface area contributed by atoms with Crippen LogP contribution in [0.4, 0.5) is 0 Å². The molecule has 0 fully saturated rings. The lowest BCUT2D eigenvalue weighted by molar-refractivity contribution is -0.161. The van der Waals surface area contributed by atoms with Crippen molar-refractivity contribution in [3.05, 3.63) is 72.9 Å². The van der Waals surface area contributed by atoms with Crippen LogP contribution in [-0.2, 0) is 65.4 Å². The number of esters is 4. The van der Waals surface area contributed by atoms with Gasteiger partial charge in [-0.25, -0.2) is 9.13 Å². The van der Waals surface area contributed by atoms with Crippen molar-refractivity contribution in [1.82, 2.24) is 0 Å². The van der Waals surface area contributed by atoms with E-state index in [2.05, 4.69) is 101 Å². The maximum Gasteiger partial charge on any atom is 0.472 e. The first kappa shape index (κ1) is 92.5. The fraction of sp³-hybridized carbons (Fsp3) is 0.792. The maximum atomic E-state index is 13.1. The third kappa shape index (κ3) is 69.0. The summed E-state index contributed by atoms with van der Waals surface area (Å²) in [5.74, 6) is -2.19. The zero-order chi connectivity index (χ0) is 70.4. The molecular formula is C77H138O17P2. The van der Waals surface area contributed by atoms with Gasteiger partial charge in [-0.1, -0.05) is 287 Å². The van der Waals surface area contributed by atoms with Crippen molar-refractivity contribution in [3.8, 4) is 0 Å². The second-order valence-electron chi connectivity index (χ2n) is 25.6. The summed E-state index contributed by atoms with van der Waals surface area (Å²) in [6, 6.07) is 0. The number of unbranched alkanes of at least 4 members (excludes halogenated alkanes) is 34. The summed E-state index contributed by atoms with van der Waals surface area (Å²) in [7, 11) is -9.94. The molecule has 5 atom stereocenters. The Morgan fingerprint density at radius 1 is 0.302 bits per heavy atom. The molecule has 5 unspecified atom stereocenters. The van der Waals surface area contributed by atoms with Crippen molar-refractivity contribution in [2.24, 2.45) is 0 Å². The second kappa shape index (κ2) is 70.0. The number of rotatable bonds is 72. The molecule has 0 aliphatic rings. The second-order valence-corrected chi connectivity index (χ2v) is 28.5. The number of phosphoric acid groups is 2. The van der Waals surface area contributed by atoms with Crippen LogP contribution < -0.4 is 0 Å². The van der Waals surface area contributed by atoms with Crippen molar-refractivity contribution in [1.29, 1.82) is 0 Å². The number of hydrogen-bond acceptors (Lipinski definition) is 15. The lowest BCUT2D eigenvalue weighted by Gasteiger charge is -2.21. The highest BCUT2D eigenvalue weighted by molar-refractivity contribution is 7.47. The normalized spacial score (nSPS) is 14.4. The predicted octanol–water partition coefficient (Wildman–Crippen LogP) is 21.7. The quantitative estimate of drug-likeness (QED) is 0.0169. The predicted molar refractivity (Wildman–Crippen MR) is 390 cm³/mol. The summed E-state index contributed by atoms with van der Waals surface area (Å²) in [6.45, 7) is 4.72. The fourth-order valence-corrected chi connectivity index (χ4v) is 11.9. The van der Waals surface area contributed by atoms with E-state index in [1.165, 1.54) is 109 Å². The first-order valence-corrected chi connectivity index (χ1v) is 41.2. The molecule has 0 aromatic carbocycles. The van der Waals surface area contributed by atoms with Gasteiger partial charge in [-0.2, -0.15) is 0 Å². The Kier molecular flexibility index (Phi) is 67.4. The number of aliphatic hydroxyl groups excluding tert-OH is 1. The zero-order valence-corrected chi connectivity index (χ0v) is 62.6. The van der Waals surface area contributed by atoms with Crippen LogP contribution in [0.2, 0.25) is 0 Å². The van der Waals surface area contributed by atoms with E-state index in [0.717, 1.165) is 148 Å². The van der Waals surface area contributed by atoms with Gasteiger partial charge in [0.15, 0.2) is 12.2 Å². The highest BCUT2D eigenvalue weighted by Crippen LogP contribution is 2.45. The Hall–Kier alpha value is -3.50. The molecule has 0 bridgehead atoms. The van der Waals surface area contributed by atoms with E-state index in [9.17, 15) is 43.2 Å². The third-order valence-corrected chi connectivity index (χ3v) is 18.1. The minimum atomic E-state index is -4.97. The van der Waals surface area contributed by atoms with Gasteiger partial charge in [0.1, 0.15) is 19.3 Å². The molecule has 0 saturated heterocycles. The smallest absolute Gasteiger partial charge is 0.462 e. The van der Waals surface area contributed by atoms with Crippen LogP contribution in [0, 0.1) is 0 Å². The molecule has 0 aliphatic carbocycles. The fourth-order valence-electron chi connectivity index (χ4n) is 10.4. The molecule has 17 nitrogen and oxygen atoms in total. The average Bonchev–Trinajstić information content (AvgIpc) is 1.13. The van der Waals surface area contributed by atoms with Gasteiger partial charge >= 0.3 is 39.5 Å². The van der Waals surface area contributed by atoms with E-state index < -0.39 is 97.5 Å². The van der Waals surface area contributed by atoms with Crippen LogP contribution in [0.1, 0.15) is 336 Å². The van der Waals surface area contributed by atoms with E-state index >= 15 is 0 Å². The number of carbonyl (C=O) groups is 4. The number of ether oxygens (including phenoxy) is 4. The monoisotopic (exact) mass is 1400 g/mol. The lowest BCUT2D eigenvalue weighted by atomic mass is 10.0. The molecule has 19 heteroatoms. The Bertz CT molecular complexity index is 2110. The van der Waals surface area contributed by atoms with E-state index in [-0.39, 0.29) is 25.7 Å². The van der Waals surface area contributed by atoms with Gasteiger partial charge in [-0.05, 0) is 96.3 Å². The van der Waals surface area contributed by atoms with Crippen LogP contribution in [0.5, 0.6) is 0 Å². The molecular weight excluding hydrogens is 1260 g/mol. The standard InChI is InChI=1S/C77H138O17P2/c1-5-9-13-17-21-25-29-32-34-35-37-40-43-46-50-54-58-62-75(80)87-67-72(93-76(81)63-59-55-51-47-41-28-24-20-16-12-8-4)69-91-95(83,84)89-65-71(78)66-90-96(85,86)92-70-73(94-77(82)64-60-56-52-48-44-38-31-27-23-19-15-11-7-3)68-88-74(79)61-57-53-49-45-42-39-36-33-30-26-22-18-14-10-6-2/h9,13,21-22,25-26,32-34,36-37,40,71-73,78H,5-8,10-12,14-20,23-24,27-31,35,38-39,41-70H2,1-4H3,(H,83,84)(H,85,86)/b13-9-,25-21-,26-22-,34-32-,36-33-,40-37-. The Balaban J connectivity index is 5.31. The maximum absolute atomic E-state index is 13.1. The topological polar surface area (TPSA) is 237 Å². The molecule has 0 radical (unpaired) electrons. The van der Waals surface area contributed by atoms with Gasteiger partial charge in [0, 0.05) is 25.7 Å². The average molecular weight is 1400 g/mol. The van der Waals surface area contributed by atoms with Crippen molar-refractivity contribution >= 4 is 39.5 Å². The van der Waals surface area contributed by atoms with Gasteiger partial charge in [-0.15, -0.1) is 0 Å². The van der Waals surface area contributed by atoms with Gasteiger partial charge in [0.25, 0.3) is 0 Å². The molecule has 0 spiro atoms. The van der Waals surface area contributed by atoms with E-state index in [0.29, 0.717) is 25.7 Å². The van der Waals surface area contributed by atoms with Crippen molar-refractivity contribution in [2.75, 3.05) is 39.6 Å². The summed E-state index contributed by atoms with van der Waals surface area (Å²) >= 11 is 0. The van der Waals surface area contributed by atoms with Gasteiger partial charge in [-0.3, -0.25) is 37.3 Å². The van der Waals surface area contributed by atoms with E-state index in [1.807, 2.05) is 0 Å². The molecule has 3 N–H and O–H groups in total. The minimum Gasteiger partial charge on any atom is -0.462 e. The highest BCUT2D eigenvalue weighted by atomic mass is 31.2. The number of allylic oxidation sites excluding steroid dienone is 12. The van der Waals surface area contributed by atoms with Crippen molar-refractivity contribution in [3.63, 3.8) is 0 Å². The molecule has 96 heavy (non-hydrogen) atoms. The summed E-state index contributed by atoms with van der Waals surface area (Å²) in [5, 5.41) is 10.6. The van der Waals surface area contributed by atoms with Gasteiger partial charge in [0.2, 0.25) is 0 Å². The van der Waals surface area contributed by atoms with Crippen LogP contribution in [0.3, 0.4) is 0 Å². The minimum absolute atomic E-state index is 0.0935. The molecule has 0 aliphatic heterocycles. The largest absolute Gasteiger partial charge is 0.472 e. The van der Waals surface area contributed by atoms with Crippen LogP contribution in [0.25, 0.3) is 0 Å². The Morgan fingerprint density at radius 3 is 0.854 bits per heavy atom. The third-order valence-electron chi connectivity index (χ3n) is 16.2. The molecule has 558 valence electrons. The van der Waals surface area contributed by atoms with Crippen molar-refractivity contribution < 1.29 is 80.2 Å². The Labute approximate surface area is 583 Å². The van der Waals surface area contributed by atoms with Crippen LogP contribution >= 0.6 is 15.6 Å². The van der Waals surface area contributed by atoms with Crippen molar-refractivity contribution in [2.45, 2.75) is 354 Å². The molecule has 0 saturated carbocycles.